The second kappa shape index (κ2) is 11.8. The summed E-state index contributed by atoms with van der Waals surface area (Å²) >= 11 is 0. The average molecular weight is 464 g/mol. The standard InChI is InChI=1S/C23H33N3O5S/c1-6-26(7-2)22(18-9-8-10-20(15-18)31-5)16-24-23(27)17(3)25-32(28,29)21-13-11-19(30-4)12-14-21/h8-15,17,22,25H,6-7,16H2,1-5H3,(H,24,27)/t17-,22?/m0/s1. The minimum absolute atomic E-state index is 0.0651. The highest BCUT2D eigenvalue weighted by Crippen LogP contribution is 2.24. The zero-order valence-corrected chi connectivity index (χ0v) is 20.1. The molecular formula is C23H33N3O5S. The fourth-order valence-electron chi connectivity index (χ4n) is 3.43. The summed E-state index contributed by atoms with van der Waals surface area (Å²) in [5.41, 5.74) is 1.01. The molecule has 0 aromatic heterocycles. The molecule has 1 unspecified atom stereocenters. The Morgan fingerprint density at radius 3 is 2.19 bits per heavy atom. The van der Waals surface area contributed by atoms with E-state index in [1.807, 2.05) is 24.3 Å². The van der Waals surface area contributed by atoms with Crippen LogP contribution in [0.15, 0.2) is 53.4 Å². The Morgan fingerprint density at radius 2 is 1.62 bits per heavy atom. The number of nitrogens with zero attached hydrogens (tertiary/aromatic N) is 1. The van der Waals surface area contributed by atoms with Crippen molar-refractivity contribution in [2.45, 2.75) is 37.8 Å². The second-order valence-electron chi connectivity index (χ2n) is 7.28. The molecule has 0 aliphatic rings. The number of carbonyl (C=O) groups is 1. The first-order valence-corrected chi connectivity index (χ1v) is 12.1. The monoisotopic (exact) mass is 463 g/mol. The highest BCUT2D eigenvalue weighted by atomic mass is 32.2. The van der Waals surface area contributed by atoms with Crippen LogP contribution in [0.2, 0.25) is 0 Å². The van der Waals surface area contributed by atoms with Gasteiger partial charge in [-0.15, -0.1) is 0 Å². The van der Waals surface area contributed by atoms with Crippen molar-refractivity contribution in [1.29, 1.82) is 0 Å². The van der Waals surface area contributed by atoms with E-state index in [4.69, 9.17) is 9.47 Å². The lowest BCUT2D eigenvalue weighted by Gasteiger charge is -2.31. The van der Waals surface area contributed by atoms with Crippen LogP contribution in [0.4, 0.5) is 0 Å². The Bertz CT molecular complexity index is 975. The van der Waals surface area contributed by atoms with Crippen LogP contribution in [0.1, 0.15) is 32.4 Å². The Morgan fingerprint density at radius 1 is 1.00 bits per heavy atom. The number of methoxy groups -OCH3 is 2. The van der Waals surface area contributed by atoms with Crippen LogP contribution < -0.4 is 19.5 Å². The van der Waals surface area contributed by atoms with Gasteiger partial charge in [-0.05, 0) is 62.0 Å². The number of sulfonamides is 1. The van der Waals surface area contributed by atoms with Crippen LogP contribution in [0.3, 0.4) is 0 Å². The van der Waals surface area contributed by atoms with E-state index in [1.54, 1.807) is 19.2 Å². The van der Waals surface area contributed by atoms with Gasteiger partial charge in [0.2, 0.25) is 15.9 Å². The highest BCUT2D eigenvalue weighted by molar-refractivity contribution is 7.89. The number of rotatable bonds is 12. The first kappa shape index (κ1) is 25.6. The molecule has 0 spiro atoms. The van der Waals surface area contributed by atoms with Crippen LogP contribution in [0.5, 0.6) is 11.5 Å². The summed E-state index contributed by atoms with van der Waals surface area (Å²) in [7, 11) is -0.728. The number of likely N-dealkylation sites (N-methyl/N-ethyl adjacent to an activating group) is 1. The molecule has 0 aliphatic carbocycles. The van der Waals surface area contributed by atoms with E-state index < -0.39 is 22.0 Å². The molecule has 2 rings (SSSR count). The lowest BCUT2D eigenvalue weighted by atomic mass is 10.0. The van der Waals surface area contributed by atoms with Crippen molar-refractivity contribution in [2.75, 3.05) is 33.9 Å². The van der Waals surface area contributed by atoms with Crippen molar-refractivity contribution in [2.24, 2.45) is 0 Å². The van der Waals surface area contributed by atoms with Gasteiger partial charge in [0.05, 0.1) is 31.2 Å². The number of ether oxygens (including phenoxy) is 2. The minimum Gasteiger partial charge on any atom is -0.497 e. The van der Waals surface area contributed by atoms with Crippen LogP contribution >= 0.6 is 0 Å². The molecule has 32 heavy (non-hydrogen) atoms. The molecule has 8 nitrogen and oxygen atoms in total. The predicted octanol–water partition coefficient (Wildman–Crippen LogP) is 2.57. The molecular weight excluding hydrogens is 430 g/mol. The number of hydrogen-bond donors (Lipinski definition) is 2. The summed E-state index contributed by atoms with van der Waals surface area (Å²) in [5.74, 6) is 0.892. The second-order valence-corrected chi connectivity index (χ2v) is 8.99. The van der Waals surface area contributed by atoms with Gasteiger partial charge in [0.1, 0.15) is 11.5 Å². The molecule has 2 atom stereocenters. The summed E-state index contributed by atoms with van der Waals surface area (Å²) in [5, 5.41) is 2.89. The van der Waals surface area contributed by atoms with Crippen molar-refractivity contribution in [1.82, 2.24) is 14.9 Å². The smallest absolute Gasteiger partial charge is 0.241 e. The predicted molar refractivity (Wildman–Crippen MR) is 124 cm³/mol. The van der Waals surface area contributed by atoms with E-state index in [1.165, 1.54) is 26.2 Å². The van der Waals surface area contributed by atoms with Crippen LogP contribution in [0, 0.1) is 0 Å². The zero-order valence-electron chi connectivity index (χ0n) is 19.3. The molecule has 1 amide bonds. The third-order valence-corrected chi connectivity index (χ3v) is 6.85. The molecule has 9 heteroatoms. The zero-order chi connectivity index (χ0) is 23.7. The van der Waals surface area contributed by atoms with Crippen LogP contribution in [-0.2, 0) is 14.8 Å². The summed E-state index contributed by atoms with van der Waals surface area (Å²) in [6, 6.07) is 12.7. The van der Waals surface area contributed by atoms with Gasteiger partial charge in [-0.25, -0.2) is 8.42 Å². The fraction of sp³-hybridized carbons (Fsp3) is 0.435. The topological polar surface area (TPSA) is 97.0 Å². The molecule has 0 saturated heterocycles. The number of nitrogens with one attached hydrogen (secondary N) is 2. The molecule has 0 saturated carbocycles. The average Bonchev–Trinajstić information content (AvgIpc) is 2.81. The summed E-state index contributed by atoms with van der Waals surface area (Å²) in [4.78, 5) is 15.0. The Labute approximate surface area is 191 Å². The SMILES string of the molecule is CCN(CC)C(CNC(=O)[C@H](C)NS(=O)(=O)c1ccc(OC)cc1)c1cccc(OC)c1. The maximum atomic E-state index is 12.7. The van der Waals surface area contributed by atoms with Crippen molar-refractivity contribution >= 4 is 15.9 Å². The third-order valence-electron chi connectivity index (χ3n) is 5.30. The first-order valence-electron chi connectivity index (χ1n) is 10.6. The quantitative estimate of drug-likeness (QED) is 0.502. The van der Waals surface area contributed by atoms with Crippen molar-refractivity contribution in [3.05, 3.63) is 54.1 Å². The molecule has 0 fully saturated rings. The lowest BCUT2D eigenvalue weighted by molar-refractivity contribution is -0.122. The first-order chi connectivity index (χ1) is 15.2. The highest BCUT2D eigenvalue weighted by Gasteiger charge is 2.24. The maximum absolute atomic E-state index is 12.7. The van der Waals surface area contributed by atoms with Gasteiger partial charge in [-0.2, -0.15) is 4.72 Å². The molecule has 2 aromatic rings. The Kier molecular flexibility index (Phi) is 9.49. The van der Waals surface area contributed by atoms with E-state index in [0.29, 0.717) is 12.3 Å². The number of amides is 1. The minimum atomic E-state index is -3.85. The maximum Gasteiger partial charge on any atom is 0.241 e. The van der Waals surface area contributed by atoms with E-state index in [-0.39, 0.29) is 10.9 Å². The Hall–Kier alpha value is -2.62. The van der Waals surface area contributed by atoms with E-state index in [0.717, 1.165) is 24.4 Å². The molecule has 0 aliphatic heterocycles. The van der Waals surface area contributed by atoms with E-state index >= 15 is 0 Å². The Balaban J connectivity index is 2.09. The number of hydrogen-bond acceptors (Lipinski definition) is 6. The van der Waals surface area contributed by atoms with Crippen LogP contribution in [-0.4, -0.2) is 59.1 Å². The van der Waals surface area contributed by atoms with Crippen molar-refractivity contribution in [3.63, 3.8) is 0 Å². The summed E-state index contributed by atoms with van der Waals surface area (Å²) < 4.78 is 38.1. The fourth-order valence-corrected chi connectivity index (χ4v) is 4.63. The number of benzene rings is 2. The normalized spacial score (nSPS) is 13.4. The van der Waals surface area contributed by atoms with Gasteiger partial charge in [-0.3, -0.25) is 9.69 Å². The van der Waals surface area contributed by atoms with Crippen molar-refractivity contribution in [3.8, 4) is 11.5 Å². The molecule has 176 valence electrons. The molecule has 0 radical (unpaired) electrons. The molecule has 2 aromatic carbocycles. The summed E-state index contributed by atoms with van der Waals surface area (Å²) in [6.45, 7) is 7.58. The van der Waals surface area contributed by atoms with E-state index in [2.05, 4.69) is 28.8 Å². The molecule has 0 heterocycles. The van der Waals surface area contributed by atoms with Gasteiger partial charge >= 0.3 is 0 Å². The van der Waals surface area contributed by atoms with Gasteiger partial charge in [0.15, 0.2) is 0 Å². The van der Waals surface area contributed by atoms with Gasteiger partial charge < -0.3 is 14.8 Å². The van der Waals surface area contributed by atoms with E-state index in [9.17, 15) is 13.2 Å². The van der Waals surface area contributed by atoms with Crippen LogP contribution in [0.25, 0.3) is 0 Å². The molecule has 0 bridgehead atoms. The molecule has 2 N–H and O–H groups in total. The number of carbonyl (C=O) groups excluding carboxylic acids is 1. The lowest BCUT2D eigenvalue weighted by Crippen LogP contribution is -2.47. The third kappa shape index (κ3) is 6.69. The summed E-state index contributed by atoms with van der Waals surface area (Å²) in [6.07, 6.45) is 0. The largest absolute Gasteiger partial charge is 0.497 e. The van der Waals surface area contributed by atoms with Gasteiger partial charge in [0.25, 0.3) is 0 Å². The van der Waals surface area contributed by atoms with Gasteiger partial charge in [0, 0.05) is 6.54 Å². The van der Waals surface area contributed by atoms with Gasteiger partial charge in [-0.1, -0.05) is 26.0 Å². The van der Waals surface area contributed by atoms with Crippen molar-refractivity contribution < 1.29 is 22.7 Å².